The Kier molecular flexibility index (Phi) is 11.0. The van der Waals surface area contributed by atoms with Crippen LogP contribution < -0.4 is 15.2 Å². The number of hydrogen-bond acceptors (Lipinski definition) is 12. The molecule has 0 unspecified atom stereocenters. The summed E-state index contributed by atoms with van der Waals surface area (Å²) < 4.78 is 16.0. The van der Waals surface area contributed by atoms with E-state index in [1.807, 2.05) is 6.07 Å². The Morgan fingerprint density at radius 2 is 1.80 bits per heavy atom. The molecule has 2 aromatic carbocycles. The first kappa shape index (κ1) is 32.8. The minimum atomic E-state index is -0.473. The van der Waals surface area contributed by atoms with Crippen LogP contribution >= 0.6 is 0 Å². The highest BCUT2D eigenvalue weighted by Gasteiger charge is 2.21. The molecule has 13 nitrogen and oxygen atoms in total. The van der Waals surface area contributed by atoms with Crippen molar-refractivity contribution >= 4 is 23.9 Å². The zero-order chi connectivity index (χ0) is 32.5. The molecule has 0 atom stereocenters. The highest BCUT2D eigenvalue weighted by Crippen LogP contribution is 2.34. The highest BCUT2D eigenvalue weighted by molar-refractivity contribution is 5.96. The van der Waals surface area contributed by atoms with E-state index in [-0.39, 0.29) is 17.3 Å². The molecule has 0 spiro atoms. The van der Waals surface area contributed by atoms with Crippen LogP contribution in [0.4, 0.5) is 11.4 Å². The second kappa shape index (κ2) is 15.0. The minimum absolute atomic E-state index is 0.00463. The van der Waals surface area contributed by atoms with Gasteiger partial charge in [0.25, 0.3) is 0 Å². The first-order valence-electron chi connectivity index (χ1n) is 14.3. The van der Waals surface area contributed by atoms with Crippen LogP contribution in [0.2, 0.25) is 0 Å². The van der Waals surface area contributed by atoms with Gasteiger partial charge in [-0.25, -0.2) is 9.97 Å². The number of nitrogen functional groups attached to an aromatic ring is 1. The molecule has 1 fully saturated rings. The molecule has 0 amide bonds. The maximum Gasteiger partial charge on any atom is 0.310 e. The van der Waals surface area contributed by atoms with E-state index in [4.69, 9.17) is 25.0 Å². The molecule has 3 N–H and O–H groups in total. The molecule has 0 aliphatic carbocycles. The second-order valence-electron chi connectivity index (χ2n) is 10.6. The molecule has 1 saturated heterocycles. The highest BCUT2D eigenvalue weighted by atomic mass is 16.6. The van der Waals surface area contributed by atoms with Crippen molar-refractivity contribution in [3.63, 3.8) is 0 Å². The number of para-hydroxylation sites is 2. The largest absolute Gasteiger partial charge is 0.490 e. The summed E-state index contributed by atoms with van der Waals surface area (Å²) in [5.41, 5.74) is 9.60. The van der Waals surface area contributed by atoms with Crippen molar-refractivity contribution in [3.8, 4) is 34.2 Å². The number of nitro groups is 1. The maximum absolute atomic E-state index is 11.4. The number of aromatic nitrogens is 2. The van der Waals surface area contributed by atoms with Crippen molar-refractivity contribution in [3.05, 3.63) is 81.9 Å². The Labute approximate surface area is 261 Å². The smallest absolute Gasteiger partial charge is 0.310 e. The number of rotatable bonds is 10. The summed E-state index contributed by atoms with van der Waals surface area (Å²) in [7, 11) is 2.87. The van der Waals surface area contributed by atoms with Gasteiger partial charge in [-0.1, -0.05) is 12.1 Å². The van der Waals surface area contributed by atoms with Crippen LogP contribution in [0, 0.1) is 15.5 Å². The number of methoxy groups -OCH3 is 2. The monoisotopic (exact) mass is 615 g/mol. The lowest BCUT2D eigenvalue weighted by molar-refractivity contribution is -0.385. The van der Waals surface area contributed by atoms with Gasteiger partial charge in [0.2, 0.25) is 11.8 Å². The number of hydrogen-bond donors (Lipinski definition) is 2. The van der Waals surface area contributed by atoms with E-state index < -0.39 is 4.92 Å². The average Bonchev–Trinajstić information content (AvgIpc) is 3.52. The molecule has 13 heteroatoms. The Morgan fingerprint density at radius 1 is 1.07 bits per heavy atom. The van der Waals surface area contributed by atoms with Gasteiger partial charge < -0.3 is 25.0 Å². The summed E-state index contributed by atoms with van der Waals surface area (Å²) in [4.78, 5) is 34.8. The number of benzene rings is 2. The second-order valence-corrected chi connectivity index (χ2v) is 10.6. The van der Waals surface area contributed by atoms with Crippen molar-refractivity contribution in [2.75, 3.05) is 46.1 Å². The summed E-state index contributed by atoms with van der Waals surface area (Å²) in [6.45, 7) is 9.15. The van der Waals surface area contributed by atoms with Crippen LogP contribution in [-0.2, 0) is 6.54 Å². The molecule has 0 radical (unpaired) electrons. The summed E-state index contributed by atoms with van der Waals surface area (Å²) >= 11 is 0. The van der Waals surface area contributed by atoms with Crippen LogP contribution in [0.25, 0.3) is 22.6 Å². The Bertz CT molecular complexity index is 1650. The zero-order valence-electron chi connectivity index (χ0n) is 25.7. The predicted octanol–water partition coefficient (Wildman–Crippen LogP) is 4.93. The number of ether oxygens (including phenoxy) is 2. The fraction of sp³-hybridized carbons (Fsp3) is 0.312. The number of anilines is 1. The third-order valence-corrected chi connectivity index (χ3v) is 7.47. The van der Waals surface area contributed by atoms with Gasteiger partial charge in [-0.15, -0.1) is 0 Å². The molecule has 45 heavy (non-hydrogen) atoms. The van der Waals surface area contributed by atoms with E-state index in [1.165, 1.54) is 26.5 Å². The van der Waals surface area contributed by atoms with Crippen LogP contribution in [-0.4, -0.2) is 83.6 Å². The lowest BCUT2D eigenvalue weighted by Crippen LogP contribution is -2.48. The number of nitrogens with two attached hydrogens (primary N) is 1. The number of nitrogens with zero attached hydrogens (tertiary/aromatic N) is 5. The SMILES string of the molecule is COc1ccccc1[N+](=O)[O-].COc1ncc(-c2cc(N)c(C=N)c(-c3ncc(CN4CCN(C(C)C)CC4)o3)c2)cc1C=O. The molecular formula is C32H37N7O6. The number of carbonyl (C=O) groups excluding carboxylic acids is 1. The van der Waals surface area contributed by atoms with Gasteiger partial charge in [-0.3, -0.25) is 24.7 Å². The number of nitrogens with one attached hydrogen (secondary N) is 1. The summed E-state index contributed by atoms with van der Waals surface area (Å²) in [6, 6.07) is 12.1. The number of aldehydes is 1. The third kappa shape index (κ3) is 7.88. The van der Waals surface area contributed by atoms with Crippen LogP contribution in [0.15, 0.2) is 59.3 Å². The lowest BCUT2D eigenvalue weighted by Gasteiger charge is -2.36. The predicted molar refractivity (Wildman–Crippen MR) is 171 cm³/mol. The normalized spacial score (nSPS) is 13.5. The minimum Gasteiger partial charge on any atom is -0.490 e. The Morgan fingerprint density at radius 3 is 2.40 bits per heavy atom. The standard InChI is InChI=1S/C25H30N6O3.C7H7NO3/c1-16(2)31-6-4-30(5-7-31)14-20-13-29-25(34-20)21-9-17(10-23(27)22(21)11-26)18-8-19(15-32)24(33-3)28-12-18;1-11-7-5-3-2-4-6(7)8(9)10/h8-13,15-16,26H,4-7,14,27H2,1-3H3;2-5H,1H3. The third-order valence-electron chi connectivity index (χ3n) is 7.47. The topological polar surface area (TPSA) is 174 Å². The van der Waals surface area contributed by atoms with E-state index in [9.17, 15) is 14.9 Å². The van der Waals surface area contributed by atoms with Crippen molar-refractivity contribution < 1.29 is 23.6 Å². The first-order valence-corrected chi connectivity index (χ1v) is 14.3. The van der Waals surface area contributed by atoms with Crippen LogP contribution in [0.3, 0.4) is 0 Å². The van der Waals surface area contributed by atoms with Crippen molar-refractivity contribution in [1.29, 1.82) is 5.41 Å². The van der Waals surface area contributed by atoms with E-state index >= 15 is 0 Å². The van der Waals surface area contributed by atoms with E-state index in [1.54, 1.807) is 42.7 Å². The van der Waals surface area contributed by atoms with Crippen molar-refractivity contribution in [2.45, 2.75) is 26.4 Å². The van der Waals surface area contributed by atoms with Gasteiger partial charge in [0, 0.05) is 73.1 Å². The van der Waals surface area contributed by atoms with Gasteiger partial charge in [-0.05, 0) is 43.7 Å². The lowest BCUT2D eigenvalue weighted by atomic mass is 9.98. The number of oxazole rings is 1. The molecule has 1 aliphatic heterocycles. The van der Waals surface area contributed by atoms with Gasteiger partial charge >= 0.3 is 5.69 Å². The average molecular weight is 616 g/mol. The van der Waals surface area contributed by atoms with E-state index in [0.29, 0.717) is 52.7 Å². The zero-order valence-corrected chi connectivity index (χ0v) is 25.7. The molecule has 0 saturated carbocycles. The van der Waals surface area contributed by atoms with E-state index in [2.05, 4.69) is 33.6 Å². The van der Waals surface area contributed by atoms with Crippen molar-refractivity contribution in [2.24, 2.45) is 0 Å². The van der Waals surface area contributed by atoms with Gasteiger partial charge in [-0.2, -0.15) is 0 Å². The van der Waals surface area contributed by atoms with Gasteiger partial charge in [0.15, 0.2) is 12.0 Å². The van der Waals surface area contributed by atoms with Crippen LogP contribution in [0.5, 0.6) is 11.6 Å². The number of piperazine rings is 1. The van der Waals surface area contributed by atoms with Crippen molar-refractivity contribution in [1.82, 2.24) is 19.8 Å². The molecule has 0 bridgehead atoms. The molecule has 1 aliphatic rings. The molecule has 4 aromatic rings. The maximum atomic E-state index is 11.4. The Hall–Kier alpha value is -5.14. The van der Waals surface area contributed by atoms with Gasteiger partial charge in [0.05, 0.1) is 37.4 Å². The summed E-state index contributed by atoms with van der Waals surface area (Å²) in [6.07, 6.45) is 5.26. The molecule has 3 heterocycles. The summed E-state index contributed by atoms with van der Waals surface area (Å²) in [5, 5.41) is 18.2. The Balaban J connectivity index is 0.000000354. The molecule has 2 aromatic heterocycles. The number of pyridine rings is 1. The summed E-state index contributed by atoms with van der Waals surface area (Å²) in [5.74, 6) is 1.72. The number of nitro benzene ring substituents is 1. The molecular weight excluding hydrogens is 578 g/mol. The first-order chi connectivity index (χ1) is 21.7. The quantitative estimate of drug-likeness (QED) is 0.0813. The van der Waals surface area contributed by atoms with Gasteiger partial charge in [0.1, 0.15) is 5.76 Å². The molecule has 5 rings (SSSR count). The van der Waals surface area contributed by atoms with E-state index in [0.717, 1.165) is 37.5 Å². The van der Waals surface area contributed by atoms with Crippen LogP contribution in [0.1, 0.15) is 35.5 Å². The fourth-order valence-corrected chi connectivity index (χ4v) is 5.01. The molecule has 236 valence electrons. The number of carbonyl (C=O) groups is 1. The fourth-order valence-electron chi connectivity index (χ4n) is 5.01.